The van der Waals surface area contributed by atoms with Crippen LogP contribution in [0.3, 0.4) is 0 Å². The van der Waals surface area contributed by atoms with Crippen molar-refractivity contribution in [2.45, 2.75) is 45.1 Å². The van der Waals surface area contributed by atoms with Crippen LogP contribution in [0.25, 0.3) is 6.08 Å². The van der Waals surface area contributed by atoms with E-state index < -0.39 is 5.97 Å². The van der Waals surface area contributed by atoms with E-state index in [4.69, 9.17) is 4.74 Å². The third-order valence-corrected chi connectivity index (χ3v) is 6.87. The fraction of sp³-hybridized carbons (Fsp3) is 0.348. The molecule has 2 aliphatic rings. The minimum atomic E-state index is -0.416. The van der Waals surface area contributed by atoms with Crippen LogP contribution in [0, 0.1) is 0 Å². The van der Waals surface area contributed by atoms with Crippen molar-refractivity contribution in [3.8, 4) is 0 Å². The molecule has 156 valence electrons. The van der Waals surface area contributed by atoms with Crippen LogP contribution in [0.4, 0.5) is 5.00 Å². The first-order valence-corrected chi connectivity index (χ1v) is 10.9. The van der Waals surface area contributed by atoms with Crippen LogP contribution in [0.15, 0.2) is 30.5 Å². The minimum Gasteiger partial charge on any atom is -0.465 e. The molecule has 1 aliphatic carbocycles. The van der Waals surface area contributed by atoms with Gasteiger partial charge in [-0.25, -0.2) is 4.79 Å². The van der Waals surface area contributed by atoms with Crippen molar-refractivity contribution >= 4 is 40.2 Å². The zero-order valence-corrected chi connectivity index (χ0v) is 17.9. The summed E-state index contributed by atoms with van der Waals surface area (Å²) in [6.07, 6.45) is 7.56. The van der Waals surface area contributed by atoms with Gasteiger partial charge in [0.2, 0.25) is 11.8 Å². The van der Waals surface area contributed by atoms with Crippen LogP contribution in [0.1, 0.15) is 64.2 Å². The Balaban J connectivity index is 1.60. The van der Waals surface area contributed by atoms with Gasteiger partial charge >= 0.3 is 5.97 Å². The Morgan fingerprint density at radius 3 is 2.73 bits per heavy atom. The number of amides is 2. The predicted octanol–water partition coefficient (Wildman–Crippen LogP) is 4.32. The highest BCUT2D eigenvalue weighted by Crippen LogP contribution is 2.39. The van der Waals surface area contributed by atoms with Crippen LogP contribution in [-0.2, 0) is 27.2 Å². The van der Waals surface area contributed by atoms with Crippen molar-refractivity contribution in [2.24, 2.45) is 0 Å². The van der Waals surface area contributed by atoms with Gasteiger partial charge < -0.3 is 15.0 Å². The minimum absolute atomic E-state index is 0.101. The first-order valence-electron chi connectivity index (χ1n) is 10.1. The lowest BCUT2D eigenvalue weighted by molar-refractivity contribution is -0.129. The number of methoxy groups -OCH3 is 1. The molecule has 30 heavy (non-hydrogen) atoms. The zero-order valence-electron chi connectivity index (χ0n) is 17.1. The maximum absolute atomic E-state index is 13.0. The molecule has 0 saturated heterocycles. The van der Waals surface area contributed by atoms with Crippen molar-refractivity contribution in [3.05, 3.63) is 57.6 Å². The lowest BCUT2D eigenvalue weighted by atomic mass is 9.93. The summed E-state index contributed by atoms with van der Waals surface area (Å²) in [7, 11) is 1.36. The average molecular weight is 425 g/mol. The third kappa shape index (κ3) is 3.77. The number of nitrogens with zero attached hydrogens (tertiary/aromatic N) is 1. The maximum atomic E-state index is 13.0. The molecule has 0 bridgehead atoms. The van der Waals surface area contributed by atoms with E-state index >= 15 is 0 Å². The number of nitrogens with one attached hydrogen (secondary N) is 1. The summed E-state index contributed by atoms with van der Waals surface area (Å²) in [5.74, 6) is -0.776. The van der Waals surface area contributed by atoms with Gasteiger partial charge in [0.1, 0.15) is 5.00 Å². The Morgan fingerprint density at radius 2 is 1.97 bits per heavy atom. The summed E-state index contributed by atoms with van der Waals surface area (Å²) in [5, 5.41) is 3.49. The van der Waals surface area contributed by atoms with Crippen molar-refractivity contribution < 1.29 is 19.1 Å². The molecule has 1 aromatic carbocycles. The van der Waals surface area contributed by atoms with Gasteiger partial charge in [-0.2, -0.15) is 0 Å². The molecule has 4 rings (SSSR count). The van der Waals surface area contributed by atoms with Gasteiger partial charge in [-0.05, 0) is 48.4 Å². The van der Waals surface area contributed by atoms with Gasteiger partial charge in [0.25, 0.3) is 0 Å². The fourth-order valence-corrected chi connectivity index (χ4v) is 5.53. The topological polar surface area (TPSA) is 75.7 Å². The Bertz CT molecular complexity index is 1040. The second-order valence-electron chi connectivity index (χ2n) is 7.55. The van der Waals surface area contributed by atoms with E-state index in [2.05, 4.69) is 5.32 Å². The number of ether oxygens (including phenoxy) is 1. The van der Waals surface area contributed by atoms with E-state index in [1.807, 2.05) is 30.3 Å². The van der Waals surface area contributed by atoms with Crippen LogP contribution in [0.5, 0.6) is 0 Å². The highest BCUT2D eigenvalue weighted by molar-refractivity contribution is 7.17. The number of hydrogen-bond acceptors (Lipinski definition) is 5. The number of thiophene rings is 1. The summed E-state index contributed by atoms with van der Waals surface area (Å²) in [6, 6.07) is 7.36. The summed E-state index contributed by atoms with van der Waals surface area (Å²) in [4.78, 5) is 40.3. The molecule has 2 heterocycles. The van der Waals surface area contributed by atoms with Gasteiger partial charge in [-0.15, -0.1) is 11.3 Å². The van der Waals surface area contributed by atoms with Crippen LogP contribution in [0.2, 0.25) is 0 Å². The number of benzene rings is 1. The standard InChI is InChI=1S/C23H24N2O4S/c1-14(26)25-12-11-15-7-3-4-8-16(15)18(25)13-20(27)24-22-21(23(28)29-2)17-9-5-6-10-19(17)30-22/h3-4,7-8,11-12,18H,5-6,9-10,13H2,1-2H3,(H,24,27). The summed E-state index contributed by atoms with van der Waals surface area (Å²) in [5.41, 5.74) is 3.42. The van der Waals surface area contributed by atoms with E-state index in [1.54, 1.807) is 11.1 Å². The molecule has 2 aromatic rings. The lowest BCUT2D eigenvalue weighted by Gasteiger charge is -2.32. The molecule has 1 aliphatic heterocycles. The second-order valence-corrected chi connectivity index (χ2v) is 8.65. The molecule has 0 spiro atoms. The number of anilines is 1. The molecular formula is C23H24N2O4S. The number of fused-ring (bicyclic) bond motifs is 2. The monoisotopic (exact) mass is 424 g/mol. The van der Waals surface area contributed by atoms with Crippen molar-refractivity contribution in [1.29, 1.82) is 0 Å². The Hall–Kier alpha value is -2.93. The molecule has 6 nitrogen and oxygen atoms in total. The number of carbonyl (C=O) groups is 3. The number of hydrogen-bond donors (Lipinski definition) is 1. The van der Waals surface area contributed by atoms with Crippen LogP contribution in [-0.4, -0.2) is 29.8 Å². The number of rotatable bonds is 4. The normalized spacial score (nSPS) is 17.1. The molecular weight excluding hydrogens is 400 g/mol. The molecule has 0 radical (unpaired) electrons. The molecule has 1 unspecified atom stereocenters. The van der Waals surface area contributed by atoms with Crippen LogP contribution < -0.4 is 5.32 Å². The smallest absolute Gasteiger partial charge is 0.341 e. The first-order chi connectivity index (χ1) is 14.5. The SMILES string of the molecule is COC(=O)c1c(NC(=O)CC2c3ccccc3C=CN2C(C)=O)sc2c1CCCC2. The molecule has 0 saturated carbocycles. The van der Waals surface area contributed by atoms with E-state index in [0.717, 1.165) is 47.3 Å². The van der Waals surface area contributed by atoms with Crippen LogP contribution >= 0.6 is 11.3 Å². The molecule has 2 amide bonds. The highest BCUT2D eigenvalue weighted by atomic mass is 32.1. The average Bonchev–Trinajstić information content (AvgIpc) is 3.10. The Kier molecular flexibility index (Phi) is 5.72. The van der Waals surface area contributed by atoms with Crippen molar-refractivity contribution in [3.63, 3.8) is 0 Å². The van der Waals surface area contributed by atoms with Gasteiger partial charge in [0.15, 0.2) is 0 Å². The highest BCUT2D eigenvalue weighted by Gasteiger charge is 2.30. The number of esters is 1. The largest absolute Gasteiger partial charge is 0.465 e. The summed E-state index contributed by atoms with van der Waals surface area (Å²) < 4.78 is 4.98. The van der Waals surface area contributed by atoms with Crippen molar-refractivity contribution in [1.82, 2.24) is 4.90 Å². The van der Waals surface area contributed by atoms with Gasteiger partial charge in [-0.1, -0.05) is 24.3 Å². The fourth-order valence-electron chi connectivity index (χ4n) is 4.24. The number of aryl methyl sites for hydroxylation is 1. The van der Waals surface area contributed by atoms with Gasteiger partial charge in [0, 0.05) is 18.0 Å². The van der Waals surface area contributed by atoms with Crippen molar-refractivity contribution in [2.75, 3.05) is 12.4 Å². The predicted molar refractivity (Wildman–Crippen MR) is 116 cm³/mol. The summed E-state index contributed by atoms with van der Waals surface area (Å²) >= 11 is 1.46. The Labute approximate surface area is 179 Å². The first kappa shape index (κ1) is 20.3. The maximum Gasteiger partial charge on any atom is 0.341 e. The Morgan fingerprint density at radius 1 is 1.20 bits per heavy atom. The molecule has 1 atom stereocenters. The molecule has 1 aromatic heterocycles. The molecule has 0 fully saturated rings. The zero-order chi connectivity index (χ0) is 21.3. The van der Waals surface area contributed by atoms with Gasteiger partial charge in [-0.3, -0.25) is 9.59 Å². The quantitative estimate of drug-likeness (QED) is 0.742. The van der Waals surface area contributed by atoms with E-state index in [0.29, 0.717) is 10.6 Å². The second kappa shape index (κ2) is 8.44. The number of carbonyl (C=O) groups excluding carboxylic acids is 3. The lowest BCUT2D eigenvalue weighted by Crippen LogP contribution is -2.33. The van der Waals surface area contributed by atoms with E-state index in [1.165, 1.54) is 25.4 Å². The van der Waals surface area contributed by atoms with E-state index in [9.17, 15) is 14.4 Å². The third-order valence-electron chi connectivity index (χ3n) is 5.66. The molecule has 7 heteroatoms. The summed E-state index contributed by atoms with van der Waals surface area (Å²) in [6.45, 7) is 1.49. The van der Waals surface area contributed by atoms with Gasteiger partial charge in [0.05, 0.1) is 25.1 Å². The van der Waals surface area contributed by atoms with E-state index in [-0.39, 0.29) is 24.3 Å². The molecule has 1 N–H and O–H groups in total.